The van der Waals surface area contributed by atoms with Crippen molar-refractivity contribution in [3.63, 3.8) is 0 Å². The Morgan fingerprint density at radius 2 is 1.86 bits per heavy atom. The minimum absolute atomic E-state index is 0.0602. The molecule has 1 N–H and O–H groups in total. The third kappa shape index (κ3) is 3.74. The molecule has 0 atom stereocenters. The van der Waals surface area contributed by atoms with Crippen LogP contribution in [0.25, 0.3) is 0 Å². The second-order valence-electron chi connectivity index (χ2n) is 5.27. The van der Waals surface area contributed by atoms with Gasteiger partial charge in [0.1, 0.15) is 5.75 Å². The van der Waals surface area contributed by atoms with E-state index in [-0.39, 0.29) is 11.4 Å². The maximum absolute atomic E-state index is 12.5. The Morgan fingerprint density at radius 1 is 1.29 bits per heavy atom. The van der Waals surface area contributed by atoms with E-state index in [0.29, 0.717) is 31.8 Å². The maximum atomic E-state index is 12.5. The van der Waals surface area contributed by atoms with Gasteiger partial charge < -0.3 is 14.6 Å². The summed E-state index contributed by atoms with van der Waals surface area (Å²) in [6.07, 6.45) is 0.880. The summed E-state index contributed by atoms with van der Waals surface area (Å²) in [4.78, 5) is 0.182. The molecule has 1 aliphatic heterocycles. The van der Waals surface area contributed by atoms with Crippen molar-refractivity contribution in [1.82, 2.24) is 4.31 Å². The van der Waals surface area contributed by atoms with Crippen molar-refractivity contribution in [3.8, 4) is 5.75 Å². The predicted molar refractivity (Wildman–Crippen MR) is 77.8 cm³/mol. The third-order valence-corrected chi connectivity index (χ3v) is 5.53. The Labute approximate surface area is 125 Å². The summed E-state index contributed by atoms with van der Waals surface area (Å²) >= 11 is 0. The lowest BCUT2D eigenvalue weighted by Gasteiger charge is -2.35. The Bertz CT molecular complexity index is 564. The van der Waals surface area contributed by atoms with E-state index in [1.165, 1.54) is 30.6 Å². The van der Waals surface area contributed by atoms with E-state index in [1.807, 2.05) is 0 Å². The Kier molecular flexibility index (Phi) is 4.88. The molecule has 7 heteroatoms. The van der Waals surface area contributed by atoms with Gasteiger partial charge >= 0.3 is 0 Å². The lowest BCUT2D eigenvalue weighted by atomic mass is 9.95. The van der Waals surface area contributed by atoms with Crippen molar-refractivity contribution < 1.29 is 23.0 Å². The normalized spacial score (nSPS) is 18.7. The fourth-order valence-corrected chi connectivity index (χ4v) is 3.59. The number of methoxy groups -OCH3 is 1. The molecule has 1 aliphatic rings. The summed E-state index contributed by atoms with van der Waals surface area (Å²) in [5, 5.41) is 10.4. The van der Waals surface area contributed by atoms with Gasteiger partial charge in [-0.1, -0.05) is 0 Å². The lowest BCUT2D eigenvalue weighted by Crippen LogP contribution is -2.47. The molecule has 21 heavy (non-hydrogen) atoms. The maximum Gasteiger partial charge on any atom is 0.242 e. The van der Waals surface area contributed by atoms with Gasteiger partial charge in [0.15, 0.2) is 0 Å². The Morgan fingerprint density at radius 3 is 2.38 bits per heavy atom. The van der Waals surface area contributed by atoms with E-state index in [2.05, 4.69) is 0 Å². The zero-order valence-corrected chi connectivity index (χ0v) is 13.1. The average molecular weight is 315 g/mol. The first-order valence-electron chi connectivity index (χ1n) is 6.78. The van der Waals surface area contributed by atoms with Crippen LogP contribution in [0, 0.1) is 0 Å². The second-order valence-corrected chi connectivity index (χ2v) is 7.32. The monoisotopic (exact) mass is 315 g/mol. The van der Waals surface area contributed by atoms with Gasteiger partial charge in [-0.3, -0.25) is 0 Å². The zero-order valence-electron chi connectivity index (χ0n) is 12.3. The third-order valence-electron chi connectivity index (χ3n) is 3.71. The topological polar surface area (TPSA) is 76.1 Å². The first kappa shape index (κ1) is 16.2. The van der Waals surface area contributed by atoms with Crippen molar-refractivity contribution in [1.29, 1.82) is 0 Å². The number of hydrogen-bond donors (Lipinski definition) is 1. The number of aliphatic hydroxyl groups is 1. The van der Waals surface area contributed by atoms with E-state index in [4.69, 9.17) is 9.47 Å². The average Bonchev–Trinajstić information content (AvgIpc) is 2.47. The van der Waals surface area contributed by atoms with Crippen LogP contribution in [0.1, 0.15) is 12.8 Å². The van der Waals surface area contributed by atoms with Gasteiger partial charge in [0, 0.05) is 39.6 Å². The summed E-state index contributed by atoms with van der Waals surface area (Å²) in [6.45, 7) is 0.963. The fourth-order valence-electron chi connectivity index (χ4n) is 2.34. The number of hydrogen-bond acceptors (Lipinski definition) is 5. The lowest BCUT2D eigenvalue weighted by molar-refractivity contribution is -0.0689. The molecule has 1 heterocycles. The van der Waals surface area contributed by atoms with Crippen LogP contribution in [0.4, 0.5) is 0 Å². The van der Waals surface area contributed by atoms with E-state index in [1.54, 1.807) is 12.1 Å². The number of sulfonamides is 1. The highest BCUT2D eigenvalue weighted by atomic mass is 32.2. The minimum atomic E-state index is -3.62. The number of benzene rings is 1. The summed E-state index contributed by atoms with van der Waals surface area (Å²) in [5.41, 5.74) is -1.02. The quantitative estimate of drug-likeness (QED) is 0.872. The van der Waals surface area contributed by atoms with Crippen molar-refractivity contribution in [3.05, 3.63) is 24.3 Å². The molecule has 0 saturated carbocycles. The van der Waals surface area contributed by atoms with E-state index in [9.17, 15) is 13.5 Å². The molecule has 6 nitrogen and oxygen atoms in total. The summed E-state index contributed by atoms with van der Waals surface area (Å²) < 4.78 is 36.4. The molecular weight excluding hydrogens is 294 g/mol. The Hall–Kier alpha value is -1.15. The fraction of sp³-hybridized carbons (Fsp3) is 0.571. The van der Waals surface area contributed by atoms with Gasteiger partial charge in [0.25, 0.3) is 0 Å². The zero-order chi connectivity index (χ0) is 15.5. The van der Waals surface area contributed by atoms with E-state index < -0.39 is 15.6 Å². The number of rotatable bonds is 5. The van der Waals surface area contributed by atoms with Crippen LogP contribution in [0.5, 0.6) is 5.75 Å². The molecule has 1 fully saturated rings. The first-order valence-corrected chi connectivity index (χ1v) is 8.22. The van der Waals surface area contributed by atoms with Crippen molar-refractivity contribution in [2.24, 2.45) is 0 Å². The summed E-state index contributed by atoms with van der Waals surface area (Å²) in [5.74, 6) is 0.597. The molecule has 0 unspecified atom stereocenters. The van der Waals surface area contributed by atoms with Gasteiger partial charge in [-0.25, -0.2) is 8.42 Å². The molecule has 1 aromatic carbocycles. The number of likely N-dealkylation sites (N-methyl/N-ethyl adjacent to an activating group) is 1. The van der Waals surface area contributed by atoms with Crippen molar-refractivity contribution in [2.75, 3.05) is 33.9 Å². The summed E-state index contributed by atoms with van der Waals surface area (Å²) in [7, 11) is -0.621. The Balaban J connectivity index is 2.13. The van der Waals surface area contributed by atoms with Gasteiger partial charge in [0.05, 0.1) is 17.6 Å². The standard InChI is InChI=1S/C14H21NO5S/c1-15(11-14(16)7-9-20-10-8-14)21(17,18)13-5-3-12(19-2)4-6-13/h3-6,16H,7-11H2,1-2H3. The molecule has 1 saturated heterocycles. The minimum Gasteiger partial charge on any atom is -0.497 e. The molecule has 0 spiro atoms. The van der Waals surface area contributed by atoms with Crippen molar-refractivity contribution >= 4 is 10.0 Å². The van der Waals surface area contributed by atoms with Crippen LogP contribution in [-0.4, -0.2) is 57.3 Å². The largest absolute Gasteiger partial charge is 0.497 e. The predicted octanol–water partition coefficient (Wildman–Crippen LogP) is 0.857. The van der Waals surface area contributed by atoms with E-state index in [0.717, 1.165) is 0 Å². The molecule has 0 amide bonds. The number of nitrogens with zero attached hydrogens (tertiary/aromatic N) is 1. The molecule has 2 rings (SSSR count). The number of ether oxygens (including phenoxy) is 2. The highest BCUT2D eigenvalue weighted by Crippen LogP contribution is 2.25. The molecule has 0 radical (unpaired) electrons. The van der Waals surface area contributed by atoms with E-state index >= 15 is 0 Å². The first-order chi connectivity index (χ1) is 9.87. The van der Waals surface area contributed by atoms with Crippen LogP contribution >= 0.6 is 0 Å². The van der Waals surface area contributed by atoms with Gasteiger partial charge in [-0.05, 0) is 24.3 Å². The van der Waals surface area contributed by atoms with Crippen LogP contribution in [0.15, 0.2) is 29.2 Å². The summed E-state index contributed by atoms with van der Waals surface area (Å²) in [6, 6.07) is 6.20. The van der Waals surface area contributed by atoms with Gasteiger partial charge in [0.2, 0.25) is 10.0 Å². The molecule has 0 aromatic heterocycles. The van der Waals surface area contributed by atoms with Crippen molar-refractivity contribution in [2.45, 2.75) is 23.3 Å². The molecule has 118 valence electrons. The van der Waals surface area contributed by atoms with Gasteiger partial charge in [-0.15, -0.1) is 0 Å². The molecule has 0 bridgehead atoms. The van der Waals surface area contributed by atoms with Crippen LogP contribution in [0.3, 0.4) is 0 Å². The smallest absolute Gasteiger partial charge is 0.242 e. The second kappa shape index (κ2) is 6.31. The SMILES string of the molecule is COc1ccc(S(=O)(=O)N(C)CC2(O)CCOCC2)cc1. The molecule has 1 aromatic rings. The molecular formula is C14H21NO5S. The van der Waals surface area contributed by atoms with Crippen LogP contribution < -0.4 is 4.74 Å². The highest BCUT2D eigenvalue weighted by Gasteiger charge is 2.34. The van der Waals surface area contributed by atoms with Crippen LogP contribution in [-0.2, 0) is 14.8 Å². The molecule has 0 aliphatic carbocycles. The van der Waals surface area contributed by atoms with Gasteiger partial charge in [-0.2, -0.15) is 4.31 Å². The van der Waals surface area contributed by atoms with Crippen LogP contribution in [0.2, 0.25) is 0 Å². The highest BCUT2D eigenvalue weighted by molar-refractivity contribution is 7.89.